The molecule has 3 heterocycles. The number of nitrogens with zero attached hydrogens (tertiary/aromatic N) is 4. The monoisotopic (exact) mass is 452 g/mol. The van der Waals surface area contributed by atoms with Gasteiger partial charge in [0, 0.05) is 32.1 Å². The number of piperidine rings is 1. The first-order valence-corrected chi connectivity index (χ1v) is 11.5. The number of carbonyl (C=O) groups is 1. The first-order chi connectivity index (χ1) is 15.2. The fourth-order valence-electron chi connectivity index (χ4n) is 4.45. The molecule has 0 unspecified atom stereocenters. The van der Waals surface area contributed by atoms with Gasteiger partial charge in [0.15, 0.2) is 11.6 Å². The second-order valence-electron chi connectivity index (χ2n) is 9.57. The van der Waals surface area contributed by atoms with Gasteiger partial charge in [-0.05, 0) is 52.5 Å². The quantitative estimate of drug-likeness (QED) is 0.512. The number of ether oxygens (including phenoxy) is 1. The lowest BCUT2D eigenvalue weighted by molar-refractivity contribution is -0.120. The molecule has 0 radical (unpaired) electrons. The minimum absolute atomic E-state index is 0.0676. The van der Waals surface area contributed by atoms with E-state index in [1.54, 1.807) is 0 Å². The maximum Gasteiger partial charge on any atom is 0.231 e. The molecule has 0 saturated carbocycles. The lowest BCUT2D eigenvalue weighted by atomic mass is 9.91. The summed E-state index contributed by atoms with van der Waals surface area (Å²) in [5, 5.41) is 13.5. The highest BCUT2D eigenvalue weighted by atomic mass is 19.1. The molecule has 2 fully saturated rings. The number of nitrogens with one attached hydrogen (secondary N) is 1. The zero-order valence-electron chi connectivity index (χ0n) is 19.4. The minimum atomic E-state index is -0.623. The van der Waals surface area contributed by atoms with Gasteiger partial charge in [0.1, 0.15) is 6.33 Å². The predicted octanol–water partition coefficient (Wildman–Crippen LogP) is 1.23. The SMILES string of the molecule is CCN(C[C@H]1CCC(C)(C)OC1)c1ncnc(NC[C@@H]2CCN(CC(N)=O)C[C@H]2O)c1F. The Kier molecular flexibility index (Phi) is 8.24. The van der Waals surface area contributed by atoms with Crippen molar-refractivity contribution >= 4 is 17.5 Å². The van der Waals surface area contributed by atoms with Crippen molar-refractivity contribution in [2.24, 2.45) is 17.6 Å². The van der Waals surface area contributed by atoms with Gasteiger partial charge in [-0.15, -0.1) is 0 Å². The summed E-state index contributed by atoms with van der Waals surface area (Å²) in [7, 11) is 0. The normalized spacial score (nSPS) is 26.0. The Balaban J connectivity index is 1.58. The summed E-state index contributed by atoms with van der Waals surface area (Å²) in [4.78, 5) is 23.2. The van der Waals surface area contributed by atoms with E-state index in [1.165, 1.54) is 6.33 Å². The van der Waals surface area contributed by atoms with Crippen LogP contribution in [0.15, 0.2) is 6.33 Å². The highest BCUT2D eigenvalue weighted by Crippen LogP contribution is 2.30. The molecule has 3 atom stereocenters. The Morgan fingerprint density at radius 2 is 2.22 bits per heavy atom. The third-order valence-corrected chi connectivity index (χ3v) is 6.51. The second kappa shape index (κ2) is 10.7. The fraction of sp³-hybridized carbons (Fsp3) is 0.773. The van der Waals surface area contributed by atoms with Crippen molar-refractivity contribution in [3.8, 4) is 0 Å². The first-order valence-electron chi connectivity index (χ1n) is 11.5. The van der Waals surface area contributed by atoms with Crippen LogP contribution in [-0.2, 0) is 9.53 Å². The van der Waals surface area contributed by atoms with Crippen molar-refractivity contribution in [2.45, 2.75) is 51.7 Å². The van der Waals surface area contributed by atoms with Crippen molar-refractivity contribution in [1.82, 2.24) is 14.9 Å². The van der Waals surface area contributed by atoms with Crippen molar-refractivity contribution in [3.63, 3.8) is 0 Å². The Bertz CT molecular complexity index is 770. The molecule has 1 amide bonds. The maximum atomic E-state index is 15.3. The van der Waals surface area contributed by atoms with Gasteiger partial charge in [-0.3, -0.25) is 9.69 Å². The van der Waals surface area contributed by atoms with Crippen molar-refractivity contribution in [2.75, 3.05) is 56.1 Å². The molecule has 32 heavy (non-hydrogen) atoms. The number of primary amides is 1. The van der Waals surface area contributed by atoms with Crippen LogP contribution < -0.4 is 16.0 Å². The Morgan fingerprint density at radius 1 is 1.44 bits per heavy atom. The van der Waals surface area contributed by atoms with Crippen molar-refractivity contribution in [3.05, 3.63) is 12.1 Å². The van der Waals surface area contributed by atoms with Gasteiger partial charge in [0.25, 0.3) is 0 Å². The lowest BCUT2D eigenvalue weighted by Gasteiger charge is -2.37. The molecular formula is C22H37FN6O3. The molecule has 0 spiro atoms. The molecule has 0 aromatic carbocycles. The van der Waals surface area contributed by atoms with E-state index in [2.05, 4.69) is 29.1 Å². The number of hydrogen-bond donors (Lipinski definition) is 3. The summed E-state index contributed by atoms with van der Waals surface area (Å²) >= 11 is 0. The van der Waals surface area contributed by atoms with Crippen molar-refractivity contribution < 1.29 is 19.0 Å². The van der Waals surface area contributed by atoms with Crippen LogP contribution in [0.1, 0.15) is 40.0 Å². The van der Waals surface area contributed by atoms with Gasteiger partial charge in [-0.2, -0.15) is 4.39 Å². The number of aliphatic hydroxyl groups is 1. The molecule has 2 saturated heterocycles. The summed E-state index contributed by atoms with van der Waals surface area (Å²) in [6, 6.07) is 0. The average Bonchev–Trinajstić information content (AvgIpc) is 2.73. The molecule has 2 aliphatic rings. The van der Waals surface area contributed by atoms with Crippen LogP contribution in [0, 0.1) is 17.7 Å². The molecule has 9 nitrogen and oxygen atoms in total. The van der Waals surface area contributed by atoms with E-state index in [1.807, 2.05) is 16.7 Å². The maximum absolute atomic E-state index is 15.3. The molecule has 0 bridgehead atoms. The van der Waals surface area contributed by atoms with Crippen LogP contribution >= 0.6 is 0 Å². The van der Waals surface area contributed by atoms with Crippen LogP contribution in [0.3, 0.4) is 0 Å². The van der Waals surface area contributed by atoms with Gasteiger partial charge in [-0.25, -0.2) is 9.97 Å². The number of β-amino-alcohol motifs (C(OH)–C–C–N with tert-alkyl or cyclic N) is 1. The second-order valence-corrected chi connectivity index (χ2v) is 9.57. The standard InChI is InChI=1S/C22H37FN6O3/c1-4-29(10-15-5-7-22(2,3)32-13-15)21-19(23)20(26-14-27-21)25-9-16-6-8-28(11-17(16)30)12-18(24)31/h14-17,30H,4-13H2,1-3H3,(H2,24,31)(H,25,26,27)/t15-,16+,17-/m1/s1. The van der Waals surface area contributed by atoms with E-state index >= 15 is 4.39 Å². The molecule has 2 aliphatic heterocycles. The molecular weight excluding hydrogens is 415 g/mol. The average molecular weight is 453 g/mol. The Hall–Kier alpha value is -2.04. The number of aliphatic hydroxyl groups excluding tert-OH is 1. The summed E-state index contributed by atoms with van der Waals surface area (Å²) < 4.78 is 21.2. The van der Waals surface area contributed by atoms with Crippen LogP contribution in [0.4, 0.5) is 16.0 Å². The van der Waals surface area contributed by atoms with E-state index in [0.29, 0.717) is 51.7 Å². The number of likely N-dealkylation sites (tertiary alicyclic amines) is 1. The van der Waals surface area contributed by atoms with E-state index in [4.69, 9.17) is 10.5 Å². The summed E-state index contributed by atoms with van der Waals surface area (Å²) in [6.45, 7) is 9.70. The number of halogens is 1. The van der Waals surface area contributed by atoms with E-state index in [-0.39, 0.29) is 29.7 Å². The summed E-state index contributed by atoms with van der Waals surface area (Å²) in [6.07, 6.45) is 3.45. The van der Waals surface area contributed by atoms with Crippen LogP contribution in [0.5, 0.6) is 0 Å². The number of nitrogens with two attached hydrogens (primary N) is 1. The van der Waals surface area contributed by atoms with Crippen LogP contribution in [-0.4, -0.2) is 83.5 Å². The van der Waals surface area contributed by atoms with E-state index in [9.17, 15) is 9.90 Å². The summed E-state index contributed by atoms with van der Waals surface area (Å²) in [5.74, 6) is -0.204. The van der Waals surface area contributed by atoms with E-state index < -0.39 is 17.8 Å². The lowest BCUT2D eigenvalue weighted by Crippen LogP contribution is -2.48. The molecule has 10 heteroatoms. The number of anilines is 2. The number of aromatic nitrogens is 2. The van der Waals surface area contributed by atoms with Gasteiger partial charge in [0.05, 0.1) is 24.9 Å². The molecule has 180 valence electrons. The third-order valence-electron chi connectivity index (χ3n) is 6.51. The van der Waals surface area contributed by atoms with Gasteiger partial charge >= 0.3 is 0 Å². The molecule has 0 aliphatic carbocycles. The van der Waals surface area contributed by atoms with Crippen LogP contribution in [0.2, 0.25) is 0 Å². The third kappa shape index (κ3) is 6.49. The predicted molar refractivity (Wildman–Crippen MR) is 121 cm³/mol. The molecule has 1 aromatic rings. The number of carbonyl (C=O) groups excluding carboxylic acids is 1. The highest BCUT2D eigenvalue weighted by Gasteiger charge is 2.30. The number of hydrogen-bond acceptors (Lipinski definition) is 8. The van der Waals surface area contributed by atoms with Gasteiger partial charge in [-0.1, -0.05) is 0 Å². The number of amides is 1. The smallest absolute Gasteiger partial charge is 0.231 e. The molecule has 4 N–H and O–H groups in total. The summed E-state index contributed by atoms with van der Waals surface area (Å²) in [5.41, 5.74) is 5.14. The Morgan fingerprint density at radius 3 is 2.84 bits per heavy atom. The highest BCUT2D eigenvalue weighted by molar-refractivity contribution is 5.75. The zero-order chi connectivity index (χ0) is 23.3. The fourth-order valence-corrected chi connectivity index (χ4v) is 4.45. The Labute approximate surface area is 189 Å². The van der Waals surface area contributed by atoms with E-state index in [0.717, 1.165) is 12.8 Å². The zero-order valence-corrected chi connectivity index (χ0v) is 19.4. The van der Waals surface area contributed by atoms with Gasteiger partial charge in [0.2, 0.25) is 11.7 Å². The largest absolute Gasteiger partial charge is 0.391 e. The van der Waals surface area contributed by atoms with Crippen LogP contribution in [0.25, 0.3) is 0 Å². The number of rotatable bonds is 9. The molecule has 3 rings (SSSR count). The van der Waals surface area contributed by atoms with Crippen molar-refractivity contribution in [1.29, 1.82) is 0 Å². The minimum Gasteiger partial charge on any atom is -0.391 e. The topological polar surface area (TPSA) is 117 Å². The first kappa shape index (κ1) is 24.6. The molecule has 1 aromatic heterocycles. The van der Waals surface area contributed by atoms with Gasteiger partial charge < -0.3 is 25.8 Å².